The summed E-state index contributed by atoms with van der Waals surface area (Å²) < 4.78 is 13.2. The number of carbonyl (C=O) groups excluding carboxylic acids is 1. The monoisotopic (exact) mass is 419 g/mol. The zero-order valence-corrected chi connectivity index (χ0v) is 17.4. The average Bonchev–Trinajstić information content (AvgIpc) is 2.74. The molecular formula is C21H27ClFN5O. The summed E-state index contributed by atoms with van der Waals surface area (Å²) in [5.41, 5.74) is 0.792. The Morgan fingerprint density at radius 2 is 2.07 bits per heavy atom. The van der Waals surface area contributed by atoms with Gasteiger partial charge in [0.2, 0.25) is 5.91 Å². The largest absolute Gasteiger partial charge is 0.370 e. The predicted octanol–water partition coefficient (Wildman–Crippen LogP) is 4.01. The number of anilines is 2. The summed E-state index contributed by atoms with van der Waals surface area (Å²) in [6.45, 7) is 5.10. The highest BCUT2D eigenvalue weighted by molar-refractivity contribution is 6.30. The first kappa shape index (κ1) is 21.3. The van der Waals surface area contributed by atoms with Gasteiger partial charge >= 0.3 is 0 Å². The number of amides is 1. The predicted molar refractivity (Wildman–Crippen MR) is 114 cm³/mol. The second-order valence-corrected chi connectivity index (χ2v) is 7.69. The number of rotatable bonds is 8. The van der Waals surface area contributed by atoms with Gasteiger partial charge in [0.15, 0.2) is 0 Å². The zero-order valence-electron chi connectivity index (χ0n) is 16.6. The Morgan fingerprint density at radius 1 is 1.28 bits per heavy atom. The summed E-state index contributed by atoms with van der Waals surface area (Å²) in [7, 11) is 0. The van der Waals surface area contributed by atoms with Crippen LogP contribution in [0, 0.1) is 11.7 Å². The number of halogens is 2. The second kappa shape index (κ2) is 10.4. The van der Waals surface area contributed by atoms with E-state index in [0.717, 1.165) is 56.1 Å². The highest BCUT2D eigenvalue weighted by Gasteiger charge is 2.21. The fourth-order valence-electron chi connectivity index (χ4n) is 3.52. The van der Waals surface area contributed by atoms with E-state index < -0.39 is 5.82 Å². The van der Waals surface area contributed by atoms with E-state index in [9.17, 15) is 9.18 Å². The molecule has 1 aliphatic rings. The molecule has 6 nitrogen and oxygen atoms in total. The lowest BCUT2D eigenvalue weighted by atomic mass is 9.92. The van der Waals surface area contributed by atoms with Crippen molar-refractivity contribution >= 4 is 29.1 Å². The second-order valence-electron chi connectivity index (χ2n) is 7.29. The summed E-state index contributed by atoms with van der Waals surface area (Å²) in [5, 5.41) is 6.17. The van der Waals surface area contributed by atoms with Gasteiger partial charge in [0.25, 0.3) is 0 Å². The molecule has 8 heteroatoms. The molecule has 3 rings (SSSR count). The van der Waals surface area contributed by atoms with Crippen molar-refractivity contribution < 1.29 is 9.18 Å². The van der Waals surface area contributed by atoms with Gasteiger partial charge in [-0.1, -0.05) is 17.7 Å². The van der Waals surface area contributed by atoms with Gasteiger partial charge in [0.1, 0.15) is 23.8 Å². The fraction of sp³-hybridized carbons (Fsp3) is 0.476. The van der Waals surface area contributed by atoms with Gasteiger partial charge in [-0.25, -0.2) is 14.4 Å². The van der Waals surface area contributed by atoms with E-state index in [4.69, 9.17) is 11.6 Å². The van der Waals surface area contributed by atoms with Crippen LogP contribution in [0.3, 0.4) is 0 Å². The Labute approximate surface area is 175 Å². The molecule has 1 aromatic heterocycles. The van der Waals surface area contributed by atoms with Crippen molar-refractivity contribution in [3.05, 3.63) is 47.0 Å². The van der Waals surface area contributed by atoms with Gasteiger partial charge in [-0.15, -0.1) is 0 Å². The zero-order chi connectivity index (χ0) is 20.6. The summed E-state index contributed by atoms with van der Waals surface area (Å²) in [4.78, 5) is 23.0. The number of hydrogen-bond donors (Lipinski definition) is 2. The number of nitrogens with zero attached hydrogens (tertiary/aromatic N) is 3. The van der Waals surface area contributed by atoms with Gasteiger partial charge in [-0.3, -0.25) is 4.79 Å². The van der Waals surface area contributed by atoms with E-state index in [1.54, 1.807) is 18.5 Å². The Bertz CT molecular complexity index is 826. The summed E-state index contributed by atoms with van der Waals surface area (Å²) in [6, 6.07) is 6.47. The fourth-order valence-corrected chi connectivity index (χ4v) is 3.73. The molecule has 0 radical (unpaired) electrons. The Balaban J connectivity index is 1.38. The van der Waals surface area contributed by atoms with Crippen LogP contribution in [-0.4, -0.2) is 35.5 Å². The summed E-state index contributed by atoms with van der Waals surface area (Å²) in [6.07, 6.45) is 5.05. The highest BCUT2D eigenvalue weighted by atomic mass is 35.5. The molecule has 29 heavy (non-hydrogen) atoms. The molecule has 0 spiro atoms. The molecule has 2 heterocycles. The lowest BCUT2D eigenvalue weighted by Crippen LogP contribution is -2.34. The van der Waals surface area contributed by atoms with E-state index >= 15 is 0 Å². The molecule has 156 valence electrons. The van der Waals surface area contributed by atoms with Crippen LogP contribution in [0.1, 0.15) is 38.2 Å². The molecular weight excluding hydrogens is 393 g/mol. The van der Waals surface area contributed by atoms with Crippen LogP contribution >= 0.6 is 11.6 Å². The van der Waals surface area contributed by atoms with Crippen LogP contribution in [-0.2, 0) is 11.3 Å². The maximum absolute atomic E-state index is 13.2. The average molecular weight is 420 g/mol. The molecule has 0 bridgehead atoms. The minimum absolute atomic E-state index is 0.0129. The Morgan fingerprint density at radius 3 is 2.79 bits per heavy atom. The number of aromatic nitrogens is 2. The van der Waals surface area contributed by atoms with Gasteiger partial charge in [-0.2, -0.15) is 0 Å². The van der Waals surface area contributed by atoms with Crippen molar-refractivity contribution in [3.8, 4) is 0 Å². The molecule has 1 aliphatic heterocycles. The maximum Gasteiger partial charge on any atom is 0.220 e. The Hall–Kier alpha value is -2.41. The minimum atomic E-state index is -0.451. The molecule has 2 N–H and O–H groups in total. The highest BCUT2D eigenvalue weighted by Crippen LogP contribution is 2.25. The van der Waals surface area contributed by atoms with E-state index in [1.165, 1.54) is 6.07 Å². The number of carbonyl (C=O) groups is 1. The van der Waals surface area contributed by atoms with Crippen molar-refractivity contribution in [3.63, 3.8) is 0 Å². The third-order valence-corrected chi connectivity index (χ3v) is 5.49. The third-order valence-electron chi connectivity index (χ3n) is 5.20. The number of hydrogen-bond acceptors (Lipinski definition) is 5. The van der Waals surface area contributed by atoms with Crippen LogP contribution in [0.25, 0.3) is 0 Å². The van der Waals surface area contributed by atoms with Gasteiger partial charge < -0.3 is 15.5 Å². The van der Waals surface area contributed by atoms with Gasteiger partial charge in [0, 0.05) is 38.7 Å². The molecule has 0 saturated carbocycles. The van der Waals surface area contributed by atoms with Crippen molar-refractivity contribution in [1.82, 2.24) is 15.3 Å². The summed E-state index contributed by atoms with van der Waals surface area (Å²) in [5.74, 6) is 1.89. The van der Waals surface area contributed by atoms with Crippen LogP contribution in [0.15, 0.2) is 30.6 Å². The van der Waals surface area contributed by atoms with E-state index in [1.807, 2.05) is 13.0 Å². The molecule has 1 saturated heterocycles. The van der Waals surface area contributed by atoms with E-state index in [0.29, 0.717) is 18.9 Å². The van der Waals surface area contributed by atoms with Gasteiger partial charge in [-0.05, 0) is 49.8 Å². The van der Waals surface area contributed by atoms with E-state index in [2.05, 4.69) is 25.5 Å². The topological polar surface area (TPSA) is 70.2 Å². The third kappa shape index (κ3) is 6.29. The van der Waals surface area contributed by atoms with Crippen LogP contribution in [0.2, 0.25) is 5.02 Å². The van der Waals surface area contributed by atoms with Crippen molar-refractivity contribution in [2.45, 2.75) is 39.2 Å². The number of benzene rings is 1. The maximum atomic E-state index is 13.2. The van der Waals surface area contributed by atoms with Crippen LogP contribution in [0.4, 0.5) is 16.0 Å². The standard InChI is InChI=1S/C21H27ClFN5O/c1-2-24-19-12-20(27-14-26-19)28-9-7-15(8-10-28)4-6-21(29)25-13-16-3-5-18(23)17(22)11-16/h3,5,11-12,14-15H,2,4,6-10,13H2,1H3,(H,25,29)(H,24,26,27). The Kier molecular flexibility index (Phi) is 7.63. The first-order chi connectivity index (χ1) is 14.0. The first-order valence-corrected chi connectivity index (χ1v) is 10.4. The lowest BCUT2D eigenvalue weighted by molar-refractivity contribution is -0.121. The number of nitrogens with one attached hydrogen (secondary N) is 2. The first-order valence-electron chi connectivity index (χ1n) is 10.1. The SMILES string of the molecule is CCNc1cc(N2CCC(CCC(=O)NCc3ccc(F)c(Cl)c3)CC2)ncn1. The minimum Gasteiger partial charge on any atom is -0.370 e. The molecule has 1 fully saturated rings. The summed E-state index contributed by atoms with van der Waals surface area (Å²) >= 11 is 5.77. The van der Waals surface area contributed by atoms with Crippen molar-refractivity contribution in [1.29, 1.82) is 0 Å². The molecule has 1 aromatic carbocycles. The smallest absolute Gasteiger partial charge is 0.220 e. The molecule has 2 aromatic rings. The van der Waals surface area contributed by atoms with Crippen LogP contribution < -0.4 is 15.5 Å². The molecule has 0 aliphatic carbocycles. The normalized spacial score (nSPS) is 14.7. The van der Waals surface area contributed by atoms with Gasteiger partial charge in [0.05, 0.1) is 5.02 Å². The van der Waals surface area contributed by atoms with Crippen LogP contribution in [0.5, 0.6) is 0 Å². The molecule has 0 unspecified atom stereocenters. The number of piperidine rings is 1. The van der Waals surface area contributed by atoms with Crippen molar-refractivity contribution in [2.75, 3.05) is 29.9 Å². The molecule has 1 amide bonds. The quantitative estimate of drug-likeness (QED) is 0.676. The van der Waals surface area contributed by atoms with Crippen molar-refractivity contribution in [2.24, 2.45) is 5.92 Å². The molecule has 0 atom stereocenters. The van der Waals surface area contributed by atoms with E-state index in [-0.39, 0.29) is 10.9 Å². The lowest BCUT2D eigenvalue weighted by Gasteiger charge is -2.32.